The van der Waals surface area contributed by atoms with Gasteiger partial charge in [-0.05, 0) is 22.9 Å². The molecule has 0 N–H and O–H groups in total. The molecule has 0 aliphatic heterocycles. The van der Waals surface area contributed by atoms with Crippen molar-refractivity contribution < 1.29 is 2.97 Å². The van der Waals surface area contributed by atoms with Crippen LogP contribution in [0, 0.1) is 0 Å². The average Bonchev–Trinajstić information content (AvgIpc) is 3.28. The highest BCUT2D eigenvalue weighted by atomic mass is 32.1. The molecule has 4 aromatic rings. The van der Waals surface area contributed by atoms with Gasteiger partial charge < -0.3 is 0 Å². The van der Waals surface area contributed by atoms with Gasteiger partial charge in [0.25, 0.3) is 0 Å². The third kappa shape index (κ3) is 2.19. The Morgan fingerprint density at radius 3 is 2.40 bits per heavy atom. The first-order valence-corrected chi connectivity index (χ1v) is 8.11. The molecule has 0 aromatic carbocycles. The zero-order valence-corrected chi connectivity index (χ0v) is 14.2. The van der Waals surface area contributed by atoms with Gasteiger partial charge in [-0.2, -0.15) is 18.6 Å². The van der Waals surface area contributed by atoms with Crippen molar-refractivity contribution >= 4 is 55.3 Å². The van der Waals surface area contributed by atoms with Gasteiger partial charge >= 0.3 is 0 Å². The molecule has 102 valence electrons. The number of rotatable bonds is 2. The van der Waals surface area contributed by atoms with Crippen LogP contribution in [0.5, 0.6) is 0 Å². The summed E-state index contributed by atoms with van der Waals surface area (Å²) in [6.45, 7) is 0. The maximum absolute atomic E-state index is 5.00. The molecule has 3 nitrogen and oxygen atoms in total. The number of aromatic nitrogens is 3. The lowest BCUT2D eigenvalue weighted by Crippen LogP contribution is -1.86. The van der Waals surface area contributed by atoms with Gasteiger partial charge in [0.05, 0.1) is 16.6 Å². The largest absolute Gasteiger partial charge is 0.252 e. The number of hydrogen-bond acceptors (Lipinski definition) is 6. The lowest BCUT2D eigenvalue weighted by Gasteiger charge is -2.02. The van der Waals surface area contributed by atoms with Gasteiger partial charge in [-0.25, -0.2) is 0 Å². The van der Waals surface area contributed by atoms with Crippen molar-refractivity contribution in [3.8, 4) is 21.0 Å². The van der Waals surface area contributed by atoms with Crippen LogP contribution in [0.15, 0.2) is 41.2 Å². The molecule has 0 saturated heterocycles. The van der Waals surface area contributed by atoms with Crippen LogP contribution in [-0.2, 0) is 0 Å². The van der Waals surface area contributed by atoms with Crippen LogP contribution in [0.3, 0.4) is 0 Å². The Kier molecular flexibility index (Phi) is 3.55. The highest BCUT2D eigenvalue weighted by Gasteiger charge is 2.15. The van der Waals surface area contributed by atoms with Crippen molar-refractivity contribution in [2.75, 3.05) is 0 Å². The quantitative estimate of drug-likeness (QED) is 0.490. The molecule has 4 aromatic heterocycles. The summed E-state index contributed by atoms with van der Waals surface area (Å²) >= 11 is 4.62. The lowest BCUT2D eigenvalue weighted by molar-refractivity contribution is 1.36. The number of fused-ring (bicyclic) bond motifs is 1. The van der Waals surface area contributed by atoms with Crippen molar-refractivity contribution in [3.63, 3.8) is 0 Å². The summed E-state index contributed by atoms with van der Waals surface area (Å²) in [5.74, 6) is 0. The second-order valence-electron chi connectivity index (χ2n) is 3.94. The van der Waals surface area contributed by atoms with Crippen LogP contribution in [-0.4, -0.2) is 13.7 Å². The third-order valence-electron chi connectivity index (χ3n) is 2.83. The number of nitrogens with zero attached hydrogens (tertiary/aromatic N) is 3. The van der Waals surface area contributed by atoms with E-state index in [1.165, 1.54) is 16.6 Å². The van der Waals surface area contributed by atoms with Gasteiger partial charge in [-0.3, -0.25) is 4.98 Å². The summed E-state index contributed by atoms with van der Waals surface area (Å²) in [6.07, 6.45) is 1.91. The van der Waals surface area contributed by atoms with Gasteiger partial charge in [-0.1, -0.05) is 12.1 Å². The van der Waals surface area contributed by atoms with Crippen LogP contribution in [0.1, 0.15) is 2.97 Å². The Morgan fingerprint density at radius 1 is 1.00 bits per heavy atom. The summed E-state index contributed by atoms with van der Waals surface area (Å²) in [5.41, 5.74) is 3.85. The minimum absolute atomic E-state index is 0. The van der Waals surface area contributed by atoms with Crippen LogP contribution in [0.2, 0.25) is 0 Å². The molecule has 0 aliphatic rings. The molecule has 0 saturated carbocycles. The summed E-state index contributed by atoms with van der Waals surface area (Å²) in [4.78, 5) is 6.92. The van der Waals surface area contributed by atoms with Crippen molar-refractivity contribution in [2.24, 2.45) is 0 Å². The molecule has 0 radical (unpaired) electrons. The molecule has 20 heavy (non-hydrogen) atoms. The van der Waals surface area contributed by atoms with E-state index < -0.39 is 0 Å². The SMILES string of the molecule is P.[2H][3H].c1csc(-c2cnc(-c3cccs3)c3nsnc23)c1. The summed E-state index contributed by atoms with van der Waals surface area (Å²) in [7, 11) is 0. The molecule has 1 atom stereocenters. The van der Waals surface area contributed by atoms with E-state index in [-0.39, 0.29) is 9.90 Å². The van der Waals surface area contributed by atoms with Crippen molar-refractivity contribution in [3.05, 3.63) is 41.2 Å². The molecule has 4 rings (SSSR count). The zero-order valence-electron chi connectivity index (χ0n) is 12.3. The fourth-order valence-corrected chi connectivity index (χ4v) is 4.00. The maximum Gasteiger partial charge on any atom is 0.132 e. The first-order valence-electron chi connectivity index (χ1n) is 6.62. The minimum Gasteiger partial charge on any atom is -0.252 e. The molecule has 0 fully saturated rings. The van der Waals surface area contributed by atoms with Crippen LogP contribution < -0.4 is 0 Å². The van der Waals surface area contributed by atoms with Gasteiger partial charge in [0.15, 0.2) is 0 Å². The Bertz CT molecular complexity index is 763. The molecule has 0 spiro atoms. The topological polar surface area (TPSA) is 38.7 Å². The predicted molar refractivity (Wildman–Crippen MR) is 95.1 cm³/mol. The van der Waals surface area contributed by atoms with Gasteiger partial charge in [0.2, 0.25) is 0 Å². The number of hydrogen-bond donors (Lipinski definition) is 0. The molecule has 0 aliphatic carbocycles. The fourth-order valence-electron chi connectivity index (χ4n) is 1.98. The van der Waals surface area contributed by atoms with E-state index in [1.54, 1.807) is 22.7 Å². The molecule has 1 unspecified atom stereocenters. The van der Waals surface area contributed by atoms with Crippen LogP contribution in [0.25, 0.3) is 32.0 Å². The summed E-state index contributed by atoms with van der Waals surface area (Å²) in [5, 5.41) is 4.12. The molecule has 0 bridgehead atoms. The Balaban J connectivity index is 0.000000566. The second-order valence-corrected chi connectivity index (χ2v) is 6.36. The highest BCUT2D eigenvalue weighted by molar-refractivity contribution is 7.14. The van der Waals surface area contributed by atoms with Crippen molar-refractivity contribution in [1.82, 2.24) is 13.7 Å². The average molecular weight is 340 g/mol. The standard InChI is InChI=1S/C13H7N3S3.H3P.H2/c1-3-9(17-5-1)8-7-14-12(10-4-2-6-18-10)13-11(8)15-19-16-13;;/h1-7H;1H3;1H/i;;1+2D. The van der Waals surface area contributed by atoms with E-state index in [9.17, 15) is 0 Å². The minimum atomic E-state index is 0. The van der Waals surface area contributed by atoms with Gasteiger partial charge in [0, 0.05) is 19.6 Å². The number of thiophene rings is 2. The van der Waals surface area contributed by atoms with Crippen molar-refractivity contribution in [1.29, 1.82) is 0 Å². The summed E-state index contributed by atoms with van der Waals surface area (Å²) in [6, 6.07) is 8.22. The Labute approximate surface area is 134 Å². The van der Waals surface area contributed by atoms with E-state index in [1.807, 2.05) is 18.3 Å². The fraction of sp³-hybridized carbons (Fsp3) is 0. The van der Waals surface area contributed by atoms with Crippen LogP contribution in [0.4, 0.5) is 0 Å². The molecular formula is C13H12N3PS3. The maximum atomic E-state index is 5.00. The first kappa shape index (κ1) is 12.5. The lowest BCUT2D eigenvalue weighted by atomic mass is 10.1. The Hall–Kier alpha value is -1.20. The zero-order chi connectivity index (χ0) is 14.7. The van der Waals surface area contributed by atoms with E-state index in [0.29, 0.717) is 0 Å². The molecule has 4 heterocycles. The molecule has 0 amide bonds. The third-order valence-corrected chi connectivity index (χ3v) is 5.14. The van der Waals surface area contributed by atoms with Crippen molar-refractivity contribution in [2.45, 2.75) is 0 Å². The second kappa shape index (κ2) is 5.66. The van der Waals surface area contributed by atoms with E-state index >= 15 is 0 Å². The normalized spacial score (nSPS) is 11.0. The van der Waals surface area contributed by atoms with Crippen LogP contribution >= 0.6 is 44.3 Å². The first-order chi connectivity index (χ1) is 10.4. The van der Waals surface area contributed by atoms with E-state index in [2.05, 4.69) is 36.6 Å². The van der Waals surface area contributed by atoms with Gasteiger partial charge in [0.1, 0.15) is 16.7 Å². The van der Waals surface area contributed by atoms with Gasteiger partial charge in [-0.15, -0.1) is 22.7 Å². The number of pyridine rings is 1. The summed E-state index contributed by atoms with van der Waals surface area (Å²) < 4.78 is 18.9. The Morgan fingerprint density at radius 2 is 1.70 bits per heavy atom. The molecular weight excluding hydrogens is 325 g/mol. The smallest absolute Gasteiger partial charge is 0.132 e. The molecule has 7 heteroatoms. The van der Waals surface area contributed by atoms with E-state index in [0.717, 1.165) is 27.2 Å². The monoisotopic (exact) mass is 340 g/mol. The highest BCUT2D eigenvalue weighted by Crippen LogP contribution is 2.35. The van der Waals surface area contributed by atoms with E-state index in [4.69, 9.17) is 2.97 Å². The predicted octanol–water partition coefficient (Wildman–Crippen LogP) is 4.85.